The Bertz CT molecular complexity index is 1190. The summed E-state index contributed by atoms with van der Waals surface area (Å²) in [5.74, 6) is -3.26. The molecule has 10 heteroatoms. The normalized spacial score (nSPS) is 12.1. The zero-order chi connectivity index (χ0) is 21.3. The largest absolute Gasteiger partial charge is 0.345 e. The molecule has 0 aliphatic heterocycles. The summed E-state index contributed by atoms with van der Waals surface area (Å²) in [4.78, 5) is 19.8. The van der Waals surface area contributed by atoms with E-state index >= 15 is 4.39 Å². The van der Waals surface area contributed by atoms with E-state index < -0.39 is 33.0 Å². The van der Waals surface area contributed by atoms with Gasteiger partial charge >= 0.3 is 0 Å². The molecule has 2 heterocycles. The van der Waals surface area contributed by atoms with Crippen LogP contribution in [0.5, 0.6) is 0 Å². The van der Waals surface area contributed by atoms with Gasteiger partial charge in [-0.1, -0.05) is 13.0 Å². The van der Waals surface area contributed by atoms with Gasteiger partial charge in [0.15, 0.2) is 0 Å². The van der Waals surface area contributed by atoms with Crippen LogP contribution in [-0.2, 0) is 16.4 Å². The molecule has 0 aliphatic carbocycles. The van der Waals surface area contributed by atoms with Gasteiger partial charge in [-0.3, -0.25) is 4.79 Å². The Hall–Kier alpha value is -2.17. The molecule has 2 aromatic heterocycles. The summed E-state index contributed by atoms with van der Waals surface area (Å²) in [6.45, 7) is 1.96. The Morgan fingerprint density at radius 2 is 2.03 bits per heavy atom. The third-order valence-corrected chi connectivity index (χ3v) is 7.05. The minimum Gasteiger partial charge on any atom is -0.345 e. The van der Waals surface area contributed by atoms with Crippen molar-refractivity contribution in [2.24, 2.45) is 0 Å². The maximum atomic E-state index is 15.0. The Morgan fingerprint density at radius 1 is 1.31 bits per heavy atom. The van der Waals surface area contributed by atoms with Crippen LogP contribution in [0.25, 0.3) is 11.0 Å². The standard InChI is InChI=1S/C19H18BrF2N3O3S/c1-3-25(2)29(27,28)7-6-11-4-5-15(21)16(17(11)22)18(26)14-10-24-19-13(14)8-12(20)9-23-19/h4-5,8-10H,3,6-7H2,1-2H3,(H,23,24). The van der Waals surface area contributed by atoms with Crippen LogP contribution in [0.15, 0.2) is 35.1 Å². The Morgan fingerprint density at radius 3 is 2.72 bits per heavy atom. The van der Waals surface area contributed by atoms with Crippen molar-refractivity contribution in [1.29, 1.82) is 0 Å². The number of hydrogen-bond donors (Lipinski definition) is 1. The number of carbonyl (C=O) groups excluding carboxylic acids is 1. The van der Waals surface area contributed by atoms with Gasteiger partial charge in [0.05, 0.1) is 11.3 Å². The molecule has 0 atom stereocenters. The zero-order valence-electron chi connectivity index (χ0n) is 15.7. The number of nitrogens with zero attached hydrogens (tertiary/aromatic N) is 2. The lowest BCUT2D eigenvalue weighted by molar-refractivity contribution is 0.103. The van der Waals surface area contributed by atoms with Crippen molar-refractivity contribution in [1.82, 2.24) is 14.3 Å². The second kappa shape index (κ2) is 8.29. The summed E-state index contributed by atoms with van der Waals surface area (Å²) in [5, 5.41) is 0.417. The number of hydrogen-bond acceptors (Lipinski definition) is 4. The molecule has 0 fully saturated rings. The number of nitrogens with one attached hydrogen (secondary N) is 1. The van der Waals surface area contributed by atoms with E-state index in [4.69, 9.17) is 0 Å². The lowest BCUT2D eigenvalue weighted by Crippen LogP contribution is -2.29. The fraction of sp³-hybridized carbons (Fsp3) is 0.263. The van der Waals surface area contributed by atoms with Crippen molar-refractivity contribution in [3.05, 3.63) is 63.4 Å². The van der Waals surface area contributed by atoms with Crippen molar-refractivity contribution < 1.29 is 22.0 Å². The molecule has 0 saturated carbocycles. The predicted octanol–water partition coefficient (Wildman–Crippen LogP) is 3.66. The minimum atomic E-state index is -3.58. The van der Waals surface area contributed by atoms with Gasteiger partial charge in [0.25, 0.3) is 0 Å². The van der Waals surface area contributed by atoms with E-state index in [2.05, 4.69) is 25.9 Å². The molecule has 0 aliphatic rings. The molecule has 0 bridgehead atoms. The number of halogens is 3. The van der Waals surface area contributed by atoms with Crippen LogP contribution in [-0.4, -0.2) is 47.8 Å². The molecular formula is C19H18BrF2N3O3S. The van der Waals surface area contributed by atoms with Gasteiger partial charge < -0.3 is 4.98 Å². The molecule has 1 N–H and O–H groups in total. The second-order valence-corrected chi connectivity index (χ2v) is 9.57. The van der Waals surface area contributed by atoms with Crippen LogP contribution in [0.1, 0.15) is 28.4 Å². The number of ketones is 1. The Balaban J connectivity index is 1.98. The van der Waals surface area contributed by atoms with Gasteiger partial charge in [0, 0.05) is 41.4 Å². The van der Waals surface area contributed by atoms with Crippen molar-refractivity contribution in [2.75, 3.05) is 19.3 Å². The van der Waals surface area contributed by atoms with E-state index in [0.29, 0.717) is 15.5 Å². The molecule has 154 valence electrons. The number of rotatable bonds is 7. The van der Waals surface area contributed by atoms with E-state index in [1.165, 1.54) is 19.4 Å². The molecule has 1 aromatic carbocycles. The molecular weight excluding hydrogens is 468 g/mol. The molecule has 3 aromatic rings. The molecule has 0 saturated heterocycles. The minimum absolute atomic E-state index is 0.0398. The van der Waals surface area contributed by atoms with Crippen LogP contribution in [0.2, 0.25) is 0 Å². The monoisotopic (exact) mass is 485 g/mol. The van der Waals surface area contributed by atoms with E-state index in [1.54, 1.807) is 13.0 Å². The highest BCUT2D eigenvalue weighted by Crippen LogP contribution is 2.26. The average Bonchev–Trinajstić information content (AvgIpc) is 3.09. The van der Waals surface area contributed by atoms with Gasteiger partial charge in [-0.25, -0.2) is 26.5 Å². The Labute approximate surface area is 175 Å². The van der Waals surface area contributed by atoms with Crippen LogP contribution in [0.3, 0.4) is 0 Å². The summed E-state index contributed by atoms with van der Waals surface area (Å²) in [6, 6.07) is 3.76. The first kappa shape index (κ1) is 21.5. The number of sulfonamides is 1. The van der Waals surface area contributed by atoms with E-state index in [1.807, 2.05) is 0 Å². The second-order valence-electron chi connectivity index (χ2n) is 6.46. The summed E-state index contributed by atoms with van der Waals surface area (Å²) < 4.78 is 55.4. The van der Waals surface area contributed by atoms with Crippen LogP contribution < -0.4 is 0 Å². The number of aromatic nitrogens is 2. The molecule has 29 heavy (non-hydrogen) atoms. The van der Waals surface area contributed by atoms with Crippen molar-refractivity contribution >= 4 is 42.8 Å². The fourth-order valence-electron chi connectivity index (χ4n) is 2.89. The van der Waals surface area contributed by atoms with Crippen LogP contribution >= 0.6 is 15.9 Å². The van der Waals surface area contributed by atoms with Gasteiger partial charge in [0.1, 0.15) is 17.3 Å². The lowest BCUT2D eigenvalue weighted by atomic mass is 9.99. The molecule has 0 spiro atoms. The maximum Gasteiger partial charge on any atom is 0.214 e. The number of H-pyrrole nitrogens is 1. The number of benzene rings is 1. The van der Waals surface area contributed by atoms with Gasteiger partial charge in [-0.05, 0) is 40.0 Å². The number of aryl methyl sites for hydroxylation is 1. The van der Waals surface area contributed by atoms with Crippen LogP contribution in [0, 0.1) is 11.6 Å². The topological polar surface area (TPSA) is 83.1 Å². The van der Waals surface area contributed by atoms with Gasteiger partial charge in [0.2, 0.25) is 15.8 Å². The van der Waals surface area contributed by atoms with Crippen molar-refractivity contribution in [3.63, 3.8) is 0 Å². The number of aromatic amines is 1. The smallest absolute Gasteiger partial charge is 0.214 e. The molecule has 3 rings (SSSR count). The number of carbonyl (C=O) groups is 1. The summed E-state index contributed by atoms with van der Waals surface area (Å²) in [6.07, 6.45) is 2.70. The highest BCUT2D eigenvalue weighted by molar-refractivity contribution is 9.10. The SMILES string of the molecule is CCN(C)S(=O)(=O)CCc1ccc(F)c(C(=O)c2c[nH]c3ncc(Br)cc23)c1F. The first-order valence-electron chi connectivity index (χ1n) is 8.74. The number of fused-ring (bicyclic) bond motifs is 1. The van der Waals surface area contributed by atoms with E-state index in [0.717, 1.165) is 16.4 Å². The fourth-order valence-corrected chi connectivity index (χ4v) is 4.40. The summed E-state index contributed by atoms with van der Waals surface area (Å²) in [5.41, 5.74) is -0.282. The van der Waals surface area contributed by atoms with Gasteiger partial charge in [-0.2, -0.15) is 0 Å². The molecule has 0 unspecified atom stereocenters. The lowest BCUT2D eigenvalue weighted by Gasteiger charge is -2.15. The maximum absolute atomic E-state index is 15.0. The first-order valence-corrected chi connectivity index (χ1v) is 11.1. The highest BCUT2D eigenvalue weighted by atomic mass is 79.9. The Kier molecular flexibility index (Phi) is 6.16. The van der Waals surface area contributed by atoms with E-state index in [-0.39, 0.29) is 29.8 Å². The van der Waals surface area contributed by atoms with Crippen molar-refractivity contribution in [2.45, 2.75) is 13.3 Å². The molecule has 0 radical (unpaired) electrons. The van der Waals surface area contributed by atoms with Crippen molar-refractivity contribution in [3.8, 4) is 0 Å². The quantitative estimate of drug-likeness (QED) is 0.517. The third kappa shape index (κ3) is 4.24. The zero-order valence-corrected chi connectivity index (χ0v) is 18.1. The van der Waals surface area contributed by atoms with Gasteiger partial charge in [-0.15, -0.1) is 0 Å². The van der Waals surface area contributed by atoms with E-state index in [9.17, 15) is 17.6 Å². The molecule has 6 nitrogen and oxygen atoms in total. The highest BCUT2D eigenvalue weighted by Gasteiger charge is 2.25. The third-order valence-electron chi connectivity index (χ3n) is 4.69. The van der Waals surface area contributed by atoms with Crippen LogP contribution in [0.4, 0.5) is 8.78 Å². The number of pyridine rings is 1. The first-order chi connectivity index (χ1) is 13.7. The predicted molar refractivity (Wildman–Crippen MR) is 109 cm³/mol. The average molecular weight is 486 g/mol. The summed E-state index contributed by atoms with van der Waals surface area (Å²) in [7, 11) is -2.15. The summed E-state index contributed by atoms with van der Waals surface area (Å²) >= 11 is 3.26. The molecule has 0 amide bonds.